The summed E-state index contributed by atoms with van der Waals surface area (Å²) in [6.07, 6.45) is 7.61. The van der Waals surface area contributed by atoms with Crippen molar-refractivity contribution in [3.63, 3.8) is 0 Å². The molecule has 5 heteroatoms. The Hall–Kier alpha value is -2.37. The van der Waals surface area contributed by atoms with Crippen LogP contribution in [0.25, 0.3) is 0 Å². The van der Waals surface area contributed by atoms with Crippen LogP contribution in [-0.2, 0) is 16.6 Å². The third-order valence-electron chi connectivity index (χ3n) is 7.82. The van der Waals surface area contributed by atoms with E-state index in [1.165, 1.54) is 5.56 Å². The average Bonchev–Trinajstić information content (AvgIpc) is 2.80. The molecule has 2 aromatic rings. The van der Waals surface area contributed by atoms with Crippen LogP contribution in [0.1, 0.15) is 62.5 Å². The smallest absolute Gasteiger partial charge is 0.220 e. The molecule has 2 aliphatic rings. The zero-order valence-electron chi connectivity index (χ0n) is 19.8. The number of aliphatic hydroxyl groups is 1. The number of phenolic OH excluding ortho intramolecular Hbond substituents is 1. The number of carbonyl (C=O) groups is 1. The van der Waals surface area contributed by atoms with Crippen LogP contribution in [0.2, 0.25) is 0 Å². The molecule has 2 aromatic carbocycles. The predicted octanol–water partition coefficient (Wildman–Crippen LogP) is 4.17. The Balaban J connectivity index is 1.34. The predicted molar refractivity (Wildman–Crippen MR) is 131 cm³/mol. The number of piperidine rings is 1. The maximum absolute atomic E-state index is 12.7. The van der Waals surface area contributed by atoms with E-state index < -0.39 is 11.0 Å². The lowest BCUT2D eigenvalue weighted by atomic mass is 9.55. The fraction of sp³-hybridized carbons (Fsp3) is 0.536. The van der Waals surface area contributed by atoms with E-state index >= 15 is 0 Å². The van der Waals surface area contributed by atoms with Crippen LogP contribution in [0.15, 0.2) is 54.6 Å². The SMILES string of the molecule is CN1CCC2(c3cccc(O)c3)CC(NC(=O)CCCCCc3ccccc3)CCC2(O)C1. The average molecular weight is 451 g/mol. The van der Waals surface area contributed by atoms with E-state index in [2.05, 4.69) is 41.5 Å². The molecule has 1 heterocycles. The molecule has 1 saturated heterocycles. The van der Waals surface area contributed by atoms with E-state index in [0.29, 0.717) is 25.8 Å². The minimum absolute atomic E-state index is 0.0489. The summed E-state index contributed by atoms with van der Waals surface area (Å²) in [7, 11) is 2.05. The number of aromatic hydroxyl groups is 1. The number of benzene rings is 2. The highest BCUT2D eigenvalue weighted by Crippen LogP contribution is 2.51. The first-order valence-corrected chi connectivity index (χ1v) is 12.4. The molecule has 33 heavy (non-hydrogen) atoms. The Kier molecular flexibility index (Phi) is 7.40. The van der Waals surface area contributed by atoms with Crippen LogP contribution in [0.5, 0.6) is 5.75 Å². The molecule has 0 radical (unpaired) electrons. The summed E-state index contributed by atoms with van der Waals surface area (Å²) in [5.41, 5.74) is 1.03. The van der Waals surface area contributed by atoms with Crippen LogP contribution < -0.4 is 5.32 Å². The molecule has 1 saturated carbocycles. The van der Waals surface area contributed by atoms with Crippen molar-refractivity contribution in [1.29, 1.82) is 0 Å². The second kappa shape index (κ2) is 10.3. The Labute approximate surface area is 197 Å². The maximum Gasteiger partial charge on any atom is 0.220 e. The number of carbonyl (C=O) groups excluding carboxylic acids is 1. The summed E-state index contributed by atoms with van der Waals surface area (Å²) >= 11 is 0. The number of likely N-dealkylation sites (tertiary alicyclic amines) is 1. The molecular weight excluding hydrogens is 412 g/mol. The van der Waals surface area contributed by atoms with E-state index in [1.807, 2.05) is 18.2 Å². The molecule has 0 spiro atoms. The summed E-state index contributed by atoms with van der Waals surface area (Å²) in [5.74, 6) is 0.342. The minimum atomic E-state index is -0.855. The van der Waals surface area contributed by atoms with Gasteiger partial charge in [0.2, 0.25) is 5.91 Å². The molecule has 5 nitrogen and oxygen atoms in total. The molecule has 3 N–H and O–H groups in total. The number of hydrogen-bond donors (Lipinski definition) is 3. The van der Waals surface area contributed by atoms with Gasteiger partial charge in [-0.2, -0.15) is 0 Å². The van der Waals surface area contributed by atoms with E-state index in [0.717, 1.165) is 50.6 Å². The van der Waals surface area contributed by atoms with E-state index in [-0.39, 0.29) is 17.7 Å². The highest BCUT2D eigenvalue weighted by atomic mass is 16.3. The van der Waals surface area contributed by atoms with Gasteiger partial charge in [-0.1, -0.05) is 48.9 Å². The lowest BCUT2D eigenvalue weighted by Gasteiger charge is -2.57. The minimum Gasteiger partial charge on any atom is -0.508 e. The quantitative estimate of drug-likeness (QED) is 0.528. The molecule has 0 aromatic heterocycles. The van der Waals surface area contributed by atoms with Gasteiger partial charge >= 0.3 is 0 Å². The van der Waals surface area contributed by atoms with E-state index in [1.54, 1.807) is 12.1 Å². The molecule has 4 rings (SSSR count). The number of likely N-dealkylation sites (N-methyl/N-ethyl adjacent to an activating group) is 1. The third kappa shape index (κ3) is 5.42. The number of hydrogen-bond acceptors (Lipinski definition) is 4. The second-order valence-corrected chi connectivity index (χ2v) is 10.2. The van der Waals surface area contributed by atoms with E-state index in [4.69, 9.17) is 0 Å². The molecule has 3 unspecified atom stereocenters. The van der Waals surface area contributed by atoms with Crippen LogP contribution in [0.3, 0.4) is 0 Å². The van der Waals surface area contributed by atoms with Crippen LogP contribution in [-0.4, -0.2) is 52.8 Å². The van der Waals surface area contributed by atoms with Gasteiger partial charge in [0.25, 0.3) is 0 Å². The standard InChI is InChI=1S/C28H38N2O3/c1-30-18-17-27(23-12-8-13-25(31)19-23)20-24(15-16-28(27,33)21-30)29-26(32)14-7-3-6-11-22-9-4-2-5-10-22/h2,4-5,8-10,12-13,19,24,31,33H,3,6-7,11,14-18,20-21H2,1H3,(H,29,32). The maximum atomic E-state index is 12.7. The summed E-state index contributed by atoms with van der Waals surface area (Å²) in [6.45, 7) is 1.50. The molecule has 1 aliphatic carbocycles. The number of nitrogens with zero attached hydrogens (tertiary/aromatic N) is 1. The molecule has 0 bridgehead atoms. The largest absolute Gasteiger partial charge is 0.508 e. The number of β-amino-alcohol motifs (C(OH)–C–C–N with tert-alkyl or cyclic N) is 1. The van der Waals surface area contributed by atoms with Gasteiger partial charge in [-0.3, -0.25) is 4.79 Å². The Morgan fingerprint density at radius 3 is 2.70 bits per heavy atom. The lowest BCUT2D eigenvalue weighted by molar-refractivity contribution is -0.131. The van der Waals surface area contributed by atoms with Gasteiger partial charge in [-0.05, 0) is 81.8 Å². The highest BCUT2D eigenvalue weighted by Gasteiger charge is 2.57. The van der Waals surface area contributed by atoms with Gasteiger partial charge in [0, 0.05) is 24.4 Å². The summed E-state index contributed by atoms with van der Waals surface area (Å²) in [5, 5.41) is 25.2. The zero-order chi connectivity index (χ0) is 23.3. The first-order valence-electron chi connectivity index (χ1n) is 12.4. The number of nitrogens with one attached hydrogen (secondary N) is 1. The topological polar surface area (TPSA) is 72.8 Å². The van der Waals surface area contributed by atoms with Crippen LogP contribution in [0, 0.1) is 0 Å². The van der Waals surface area contributed by atoms with Crippen molar-refractivity contribution in [3.05, 3.63) is 65.7 Å². The molecule has 3 atom stereocenters. The Bertz CT molecular complexity index is 934. The number of amides is 1. The molecule has 1 amide bonds. The Morgan fingerprint density at radius 1 is 1.09 bits per heavy atom. The van der Waals surface area contributed by atoms with Crippen molar-refractivity contribution in [2.75, 3.05) is 20.1 Å². The highest BCUT2D eigenvalue weighted by molar-refractivity contribution is 5.76. The first-order chi connectivity index (χ1) is 15.9. The second-order valence-electron chi connectivity index (χ2n) is 10.2. The van der Waals surface area contributed by atoms with Gasteiger partial charge in [0.1, 0.15) is 5.75 Å². The summed E-state index contributed by atoms with van der Waals surface area (Å²) < 4.78 is 0. The number of aryl methyl sites for hydroxylation is 1. The van der Waals surface area contributed by atoms with Gasteiger partial charge in [0.05, 0.1) is 5.60 Å². The molecule has 1 aliphatic heterocycles. The molecule has 178 valence electrons. The van der Waals surface area contributed by atoms with Crippen molar-refractivity contribution in [1.82, 2.24) is 10.2 Å². The number of rotatable bonds is 8. The van der Waals surface area contributed by atoms with Gasteiger partial charge in [-0.25, -0.2) is 0 Å². The fourth-order valence-corrected chi connectivity index (χ4v) is 6.03. The van der Waals surface area contributed by atoms with Crippen molar-refractivity contribution in [2.45, 2.75) is 74.8 Å². The Morgan fingerprint density at radius 2 is 1.91 bits per heavy atom. The van der Waals surface area contributed by atoms with Crippen molar-refractivity contribution < 1.29 is 15.0 Å². The number of unbranched alkanes of at least 4 members (excludes halogenated alkanes) is 2. The number of fused-ring (bicyclic) bond motifs is 1. The van der Waals surface area contributed by atoms with E-state index in [9.17, 15) is 15.0 Å². The number of phenols is 1. The van der Waals surface area contributed by atoms with Gasteiger partial charge in [0.15, 0.2) is 0 Å². The monoisotopic (exact) mass is 450 g/mol. The molecular formula is C28H38N2O3. The fourth-order valence-electron chi connectivity index (χ4n) is 6.03. The normalized spacial score (nSPS) is 27.6. The third-order valence-corrected chi connectivity index (χ3v) is 7.82. The van der Waals surface area contributed by atoms with Gasteiger partial charge in [-0.15, -0.1) is 0 Å². The summed E-state index contributed by atoms with van der Waals surface area (Å²) in [6, 6.07) is 17.9. The first kappa shape index (κ1) is 23.8. The van der Waals surface area contributed by atoms with Crippen LogP contribution >= 0.6 is 0 Å². The summed E-state index contributed by atoms with van der Waals surface area (Å²) in [4.78, 5) is 14.9. The zero-order valence-corrected chi connectivity index (χ0v) is 19.8. The van der Waals surface area contributed by atoms with Crippen LogP contribution in [0.4, 0.5) is 0 Å². The molecule has 2 fully saturated rings. The van der Waals surface area contributed by atoms with Gasteiger partial charge < -0.3 is 20.4 Å². The van der Waals surface area contributed by atoms with Crippen molar-refractivity contribution >= 4 is 5.91 Å². The van der Waals surface area contributed by atoms with Crippen molar-refractivity contribution in [2.24, 2.45) is 0 Å². The van der Waals surface area contributed by atoms with Crippen molar-refractivity contribution in [3.8, 4) is 5.75 Å². The lowest BCUT2D eigenvalue weighted by Crippen LogP contribution is -2.66.